The van der Waals surface area contributed by atoms with Crippen molar-refractivity contribution in [2.24, 2.45) is 5.92 Å². The van der Waals surface area contributed by atoms with Gasteiger partial charge in [0.2, 0.25) is 0 Å². The molecule has 3 aromatic rings. The number of aromatic nitrogens is 2. The molecule has 7 nitrogen and oxygen atoms in total. The topological polar surface area (TPSA) is 84.7 Å². The number of carboxylic acids is 1. The molecule has 0 bridgehead atoms. The Morgan fingerprint density at radius 3 is 2.31 bits per heavy atom. The Bertz CT molecular complexity index is 1060. The van der Waals surface area contributed by atoms with E-state index in [1.165, 1.54) is 9.58 Å². The first-order chi connectivity index (χ1) is 14.1. The van der Waals surface area contributed by atoms with Gasteiger partial charge >= 0.3 is 12.1 Å². The molecule has 1 atom stereocenters. The number of rotatable bonds is 3. The van der Waals surface area contributed by atoms with Crippen LogP contribution in [-0.2, 0) is 16.1 Å². The average molecular weight is 389 g/mol. The highest BCUT2D eigenvalue weighted by Gasteiger charge is 2.35. The van der Waals surface area contributed by atoms with Crippen molar-refractivity contribution in [3.8, 4) is 11.1 Å². The molecular formula is C22H19N3O4. The van der Waals surface area contributed by atoms with Crippen LogP contribution in [0.2, 0.25) is 0 Å². The number of fused-ring (bicyclic) bond motifs is 4. The minimum atomic E-state index is -0.956. The van der Waals surface area contributed by atoms with Gasteiger partial charge in [-0.1, -0.05) is 48.5 Å². The quantitative estimate of drug-likeness (QED) is 0.743. The van der Waals surface area contributed by atoms with Crippen molar-refractivity contribution < 1.29 is 19.4 Å². The zero-order valence-electron chi connectivity index (χ0n) is 15.6. The van der Waals surface area contributed by atoms with E-state index in [1.807, 2.05) is 24.3 Å². The Morgan fingerprint density at radius 2 is 1.66 bits per heavy atom. The summed E-state index contributed by atoms with van der Waals surface area (Å²) >= 11 is 0. The van der Waals surface area contributed by atoms with Crippen molar-refractivity contribution >= 4 is 17.9 Å². The Balaban J connectivity index is 1.38. The SMILES string of the molecule is O=C(O)C1CN(C(=O)OCC2c3ccccc3-c3ccccc32)c2ccnn2C1. The van der Waals surface area contributed by atoms with Gasteiger partial charge in [0, 0.05) is 18.5 Å². The van der Waals surface area contributed by atoms with Crippen molar-refractivity contribution in [2.45, 2.75) is 12.5 Å². The van der Waals surface area contributed by atoms with Crippen LogP contribution in [0.4, 0.5) is 10.6 Å². The lowest BCUT2D eigenvalue weighted by Gasteiger charge is -2.31. The lowest BCUT2D eigenvalue weighted by Crippen LogP contribution is -2.45. The number of ether oxygens (including phenoxy) is 1. The molecule has 7 heteroatoms. The third kappa shape index (κ3) is 2.86. The summed E-state index contributed by atoms with van der Waals surface area (Å²) in [6, 6.07) is 18.0. The second-order valence-corrected chi connectivity index (χ2v) is 7.32. The molecule has 1 N–H and O–H groups in total. The van der Waals surface area contributed by atoms with Gasteiger partial charge in [-0.15, -0.1) is 0 Å². The molecule has 1 aliphatic heterocycles. The van der Waals surface area contributed by atoms with Gasteiger partial charge in [0.05, 0.1) is 18.7 Å². The fraction of sp³-hybridized carbons (Fsp3) is 0.227. The summed E-state index contributed by atoms with van der Waals surface area (Å²) < 4.78 is 7.22. The van der Waals surface area contributed by atoms with Crippen LogP contribution < -0.4 is 4.90 Å². The molecule has 1 amide bonds. The van der Waals surface area contributed by atoms with Crippen LogP contribution >= 0.6 is 0 Å². The van der Waals surface area contributed by atoms with Crippen LogP contribution in [0.25, 0.3) is 11.1 Å². The molecule has 1 aromatic heterocycles. The summed E-state index contributed by atoms with van der Waals surface area (Å²) in [5.41, 5.74) is 4.58. The number of carboxylic acid groups (broad SMARTS) is 1. The smallest absolute Gasteiger partial charge is 0.415 e. The molecule has 146 valence electrons. The number of amides is 1. The number of nitrogens with zero attached hydrogens (tertiary/aromatic N) is 3. The van der Waals surface area contributed by atoms with E-state index in [0.29, 0.717) is 5.82 Å². The van der Waals surface area contributed by atoms with E-state index < -0.39 is 18.0 Å². The number of anilines is 1. The molecule has 0 saturated heterocycles. The van der Waals surface area contributed by atoms with E-state index >= 15 is 0 Å². The molecule has 0 fully saturated rings. The number of hydrogen-bond acceptors (Lipinski definition) is 4. The molecule has 5 rings (SSSR count). The van der Waals surface area contributed by atoms with Gasteiger partial charge in [-0.3, -0.25) is 9.69 Å². The van der Waals surface area contributed by atoms with Gasteiger partial charge in [-0.2, -0.15) is 5.10 Å². The van der Waals surface area contributed by atoms with Gasteiger partial charge < -0.3 is 9.84 Å². The van der Waals surface area contributed by atoms with Crippen LogP contribution in [-0.4, -0.2) is 40.1 Å². The highest BCUT2D eigenvalue weighted by Crippen LogP contribution is 2.44. The second-order valence-electron chi connectivity index (χ2n) is 7.32. The first-order valence-corrected chi connectivity index (χ1v) is 9.50. The largest absolute Gasteiger partial charge is 0.481 e. The number of hydrogen-bond donors (Lipinski definition) is 1. The molecule has 2 heterocycles. The van der Waals surface area contributed by atoms with Gasteiger partial charge in [0.25, 0.3) is 0 Å². The monoisotopic (exact) mass is 389 g/mol. The fourth-order valence-corrected chi connectivity index (χ4v) is 4.27. The Morgan fingerprint density at radius 1 is 1.00 bits per heavy atom. The van der Waals surface area contributed by atoms with E-state index in [-0.39, 0.29) is 25.6 Å². The molecule has 0 spiro atoms. The maximum absolute atomic E-state index is 12.9. The first-order valence-electron chi connectivity index (χ1n) is 9.50. The highest BCUT2D eigenvalue weighted by molar-refractivity contribution is 5.88. The number of aliphatic carboxylic acids is 1. The second kappa shape index (κ2) is 6.77. The van der Waals surface area contributed by atoms with E-state index in [2.05, 4.69) is 29.4 Å². The van der Waals surface area contributed by atoms with E-state index in [1.54, 1.807) is 12.3 Å². The van der Waals surface area contributed by atoms with Crippen molar-refractivity contribution in [1.29, 1.82) is 0 Å². The van der Waals surface area contributed by atoms with Gasteiger partial charge in [-0.25, -0.2) is 9.48 Å². The molecule has 29 heavy (non-hydrogen) atoms. The van der Waals surface area contributed by atoms with E-state index in [0.717, 1.165) is 22.3 Å². The molecule has 2 aromatic carbocycles. The van der Waals surface area contributed by atoms with E-state index in [4.69, 9.17) is 4.74 Å². The molecule has 0 radical (unpaired) electrons. The van der Waals surface area contributed by atoms with Crippen LogP contribution in [0.5, 0.6) is 0 Å². The Labute approximate surface area is 167 Å². The zero-order valence-corrected chi connectivity index (χ0v) is 15.6. The third-order valence-electron chi connectivity index (χ3n) is 5.67. The maximum atomic E-state index is 12.9. The normalized spacial score (nSPS) is 17.4. The Hall–Kier alpha value is -3.61. The standard InChI is InChI=1S/C22H19N3O4/c26-21(27)14-11-24(20-9-10-23-25(20)12-14)22(28)29-13-19-17-7-3-1-5-15(17)16-6-2-4-8-18(16)19/h1-10,14,19H,11-13H2,(H,26,27). The summed E-state index contributed by atoms with van der Waals surface area (Å²) in [6.07, 6.45) is 1.00. The van der Waals surface area contributed by atoms with Crippen molar-refractivity contribution in [3.63, 3.8) is 0 Å². The van der Waals surface area contributed by atoms with Crippen LogP contribution in [0.15, 0.2) is 60.8 Å². The summed E-state index contributed by atoms with van der Waals surface area (Å²) in [7, 11) is 0. The summed E-state index contributed by atoms with van der Waals surface area (Å²) in [6.45, 7) is 0.498. The van der Waals surface area contributed by atoms with Gasteiger partial charge in [-0.05, 0) is 22.3 Å². The predicted molar refractivity (Wildman–Crippen MR) is 106 cm³/mol. The van der Waals surface area contributed by atoms with E-state index in [9.17, 15) is 14.7 Å². The van der Waals surface area contributed by atoms with Crippen molar-refractivity contribution in [2.75, 3.05) is 18.1 Å². The lowest BCUT2D eigenvalue weighted by atomic mass is 9.98. The zero-order chi connectivity index (χ0) is 20.0. The number of carbonyl (C=O) groups is 2. The average Bonchev–Trinajstić information content (AvgIpc) is 3.34. The van der Waals surface area contributed by atoms with Gasteiger partial charge in [0.15, 0.2) is 0 Å². The van der Waals surface area contributed by atoms with Crippen LogP contribution in [0.1, 0.15) is 17.0 Å². The molecule has 1 aliphatic carbocycles. The third-order valence-corrected chi connectivity index (χ3v) is 5.67. The predicted octanol–water partition coefficient (Wildman–Crippen LogP) is 3.35. The molecule has 0 saturated carbocycles. The van der Waals surface area contributed by atoms with Crippen LogP contribution in [0, 0.1) is 5.92 Å². The van der Waals surface area contributed by atoms with Crippen molar-refractivity contribution in [1.82, 2.24) is 9.78 Å². The molecule has 1 unspecified atom stereocenters. The Kier molecular flexibility index (Phi) is 4.08. The highest BCUT2D eigenvalue weighted by atomic mass is 16.6. The van der Waals surface area contributed by atoms with Crippen molar-refractivity contribution in [3.05, 3.63) is 71.9 Å². The summed E-state index contributed by atoms with van der Waals surface area (Å²) in [4.78, 5) is 25.7. The maximum Gasteiger partial charge on any atom is 0.415 e. The summed E-state index contributed by atoms with van der Waals surface area (Å²) in [5.74, 6) is -1.17. The van der Waals surface area contributed by atoms with Gasteiger partial charge in [0.1, 0.15) is 12.4 Å². The molecular weight excluding hydrogens is 370 g/mol. The fourth-order valence-electron chi connectivity index (χ4n) is 4.27. The summed E-state index contributed by atoms with van der Waals surface area (Å²) in [5, 5.41) is 13.5. The lowest BCUT2D eigenvalue weighted by molar-refractivity contribution is -0.142. The number of benzene rings is 2. The first kappa shape index (κ1) is 17.5. The van der Waals surface area contributed by atoms with Crippen LogP contribution in [0.3, 0.4) is 0 Å². The minimum Gasteiger partial charge on any atom is -0.481 e. The molecule has 2 aliphatic rings. The number of carbonyl (C=O) groups excluding carboxylic acids is 1. The minimum absolute atomic E-state index is 0.0451.